The monoisotopic (exact) mass is 397 g/mol. The molecular formula is C24H31NO4. The van der Waals surface area contributed by atoms with Gasteiger partial charge in [-0.05, 0) is 54.8 Å². The van der Waals surface area contributed by atoms with Crippen molar-refractivity contribution >= 4 is 11.5 Å². The van der Waals surface area contributed by atoms with E-state index < -0.39 is 0 Å². The van der Waals surface area contributed by atoms with Crippen LogP contribution in [-0.4, -0.2) is 45.3 Å². The smallest absolute Gasteiger partial charge is 0.135 e. The van der Waals surface area contributed by atoms with Crippen LogP contribution in [0.15, 0.2) is 48.5 Å². The number of methoxy groups -OCH3 is 1. The summed E-state index contributed by atoms with van der Waals surface area (Å²) in [6.45, 7) is 7.00. The lowest BCUT2D eigenvalue weighted by molar-refractivity contribution is -0.120. The van der Waals surface area contributed by atoms with Gasteiger partial charge in [-0.15, -0.1) is 0 Å². The largest absolute Gasteiger partial charge is 0.494 e. The van der Waals surface area contributed by atoms with E-state index in [1.807, 2.05) is 31.2 Å². The Bertz CT molecular complexity index is 766. The summed E-state index contributed by atoms with van der Waals surface area (Å²) in [7, 11) is 1.62. The summed E-state index contributed by atoms with van der Waals surface area (Å²) in [6, 6.07) is 16.3. The van der Waals surface area contributed by atoms with Crippen LogP contribution in [0.3, 0.4) is 0 Å². The number of ether oxygens (including phenoxy) is 3. The van der Waals surface area contributed by atoms with Crippen molar-refractivity contribution in [3.05, 3.63) is 54.1 Å². The van der Waals surface area contributed by atoms with E-state index in [0.29, 0.717) is 26.1 Å². The van der Waals surface area contributed by atoms with Gasteiger partial charge in [-0.3, -0.25) is 4.79 Å². The number of anilines is 1. The van der Waals surface area contributed by atoms with Gasteiger partial charge in [-0.2, -0.15) is 0 Å². The third-order valence-electron chi connectivity index (χ3n) is 5.23. The minimum absolute atomic E-state index is 0.195. The first kappa shape index (κ1) is 21.2. The van der Waals surface area contributed by atoms with Gasteiger partial charge >= 0.3 is 0 Å². The van der Waals surface area contributed by atoms with Gasteiger partial charge in [0.15, 0.2) is 0 Å². The van der Waals surface area contributed by atoms with Crippen molar-refractivity contribution in [3.63, 3.8) is 0 Å². The zero-order valence-corrected chi connectivity index (χ0v) is 17.6. The predicted molar refractivity (Wildman–Crippen MR) is 115 cm³/mol. The molecule has 0 aromatic heterocycles. The highest BCUT2D eigenvalue weighted by Gasteiger charge is 2.28. The third kappa shape index (κ3) is 5.97. The van der Waals surface area contributed by atoms with Crippen LogP contribution in [0.4, 0.5) is 5.69 Å². The molecule has 0 aliphatic carbocycles. The summed E-state index contributed by atoms with van der Waals surface area (Å²) in [5.41, 5.74) is 2.35. The normalized spacial score (nSPS) is 14.9. The molecule has 1 saturated heterocycles. The van der Waals surface area contributed by atoms with E-state index in [2.05, 4.69) is 36.1 Å². The number of rotatable bonds is 11. The zero-order valence-electron chi connectivity index (χ0n) is 17.6. The van der Waals surface area contributed by atoms with Gasteiger partial charge in [0, 0.05) is 25.6 Å². The maximum Gasteiger partial charge on any atom is 0.135 e. The maximum absolute atomic E-state index is 11.9. The summed E-state index contributed by atoms with van der Waals surface area (Å²) < 4.78 is 16.5. The molecule has 5 nitrogen and oxygen atoms in total. The lowest BCUT2D eigenvalue weighted by Gasteiger charge is -2.40. The van der Waals surface area contributed by atoms with E-state index in [0.717, 1.165) is 30.2 Å². The van der Waals surface area contributed by atoms with Gasteiger partial charge in [0.05, 0.1) is 26.3 Å². The van der Waals surface area contributed by atoms with Crippen LogP contribution >= 0.6 is 0 Å². The molecule has 0 spiro atoms. The third-order valence-corrected chi connectivity index (χ3v) is 5.23. The Morgan fingerprint density at radius 3 is 2.34 bits per heavy atom. The highest BCUT2D eigenvalue weighted by atomic mass is 16.5. The van der Waals surface area contributed by atoms with Crippen LogP contribution in [0, 0.1) is 0 Å². The molecule has 1 aliphatic rings. The topological polar surface area (TPSA) is 48.0 Å². The molecule has 3 rings (SSSR count). The molecule has 2 aromatic rings. The molecule has 1 atom stereocenters. The van der Waals surface area contributed by atoms with Crippen molar-refractivity contribution in [3.8, 4) is 11.5 Å². The number of hydrogen-bond acceptors (Lipinski definition) is 5. The van der Waals surface area contributed by atoms with E-state index in [1.165, 1.54) is 5.69 Å². The second kappa shape index (κ2) is 10.3. The Kier molecular flexibility index (Phi) is 7.53. The molecule has 0 radical (unpaired) electrons. The fraction of sp³-hybridized carbons (Fsp3) is 0.458. The summed E-state index contributed by atoms with van der Waals surface area (Å²) in [5, 5.41) is 0. The number of benzene rings is 2. The Hall–Kier alpha value is -2.53. The van der Waals surface area contributed by atoms with Crippen LogP contribution in [0.2, 0.25) is 0 Å². The number of Topliss-reactive ketones (excluding diaryl/α,β-unsaturated/α-hetero) is 1. The van der Waals surface area contributed by atoms with Gasteiger partial charge < -0.3 is 19.1 Å². The van der Waals surface area contributed by atoms with E-state index in [-0.39, 0.29) is 17.8 Å². The summed E-state index contributed by atoms with van der Waals surface area (Å²) >= 11 is 0. The minimum Gasteiger partial charge on any atom is -0.494 e. The van der Waals surface area contributed by atoms with Crippen LogP contribution < -0.4 is 14.4 Å². The fourth-order valence-corrected chi connectivity index (χ4v) is 3.49. The molecule has 0 unspecified atom stereocenters. The van der Waals surface area contributed by atoms with Crippen molar-refractivity contribution < 1.29 is 19.0 Å². The average Bonchev–Trinajstić information content (AvgIpc) is 2.70. The Labute approximate surface area is 173 Å². The number of carbonyl (C=O) groups excluding carboxylic acids is 1. The standard InChI is InChI=1S/C24H31NO4/c1-4-28-22-11-7-20(8-12-22)25-16-24(17-25)29-23-9-5-19(6-10-23)18(2)15-21(26)13-14-27-3/h5-12,18,24H,4,13-17H2,1-3H3/t18-/m1/s1. The van der Waals surface area contributed by atoms with Crippen molar-refractivity contribution in [2.75, 3.05) is 38.3 Å². The Morgan fingerprint density at radius 1 is 1.07 bits per heavy atom. The molecule has 0 amide bonds. The highest BCUT2D eigenvalue weighted by Crippen LogP contribution is 2.27. The number of carbonyl (C=O) groups is 1. The predicted octanol–water partition coefficient (Wildman–Crippen LogP) is 4.45. The molecular weight excluding hydrogens is 366 g/mol. The van der Waals surface area contributed by atoms with Gasteiger partial charge in [-0.1, -0.05) is 19.1 Å². The van der Waals surface area contributed by atoms with Crippen LogP contribution in [0.5, 0.6) is 11.5 Å². The van der Waals surface area contributed by atoms with Gasteiger partial charge in [-0.25, -0.2) is 0 Å². The molecule has 156 valence electrons. The van der Waals surface area contributed by atoms with Crippen molar-refractivity contribution in [1.29, 1.82) is 0 Å². The zero-order chi connectivity index (χ0) is 20.6. The second-order valence-corrected chi connectivity index (χ2v) is 7.53. The van der Waals surface area contributed by atoms with E-state index >= 15 is 0 Å². The lowest BCUT2D eigenvalue weighted by Crippen LogP contribution is -2.54. The van der Waals surface area contributed by atoms with Crippen LogP contribution in [-0.2, 0) is 9.53 Å². The molecule has 29 heavy (non-hydrogen) atoms. The summed E-state index contributed by atoms with van der Waals surface area (Å²) in [6.07, 6.45) is 1.22. The first-order valence-corrected chi connectivity index (χ1v) is 10.3. The Balaban J connectivity index is 1.44. The SMILES string of the molecule is CCOc1ccc(N2CC(Oc3ccc([C@H](C)CC(=O)CCOC)cc3)C2)cc1. The molecule has 0 bridgehead atoms. The molecule has 0 N–H and O–H groups in total. The summed E-state index contributed by atoms with van der Waals surface area (Å²) in [4.78, 5) is 14.2. The number of hydrogen-bond donors (Lipinski definition) is 0. The molecule has 1 aliphatic heterocycles. The first-order chi connectivity index (χ1) is 14.1. The maximum atomic E-state index is 11.9. The summed E-state index contributed by atoms with van der Waals surface area (Å²) in [5.74, 6) is 2.22. The van der Waals surface area contributed by atoms with E-state index in [1.54, 1.807) is 7.11 Å². The average molecular weight is 398 g/mol. The molecule has 5 heteroatoms. The van der Waals surface area contributed by atoms with Crippen molar-refractivity contribution in [1.82, 2.24) is 0 Å². The van der Waals surface area contributed by atoms with Gasteiger partial charge in [0.1, 0.15) is 23.4 Å². The van der Waals surface area contributed by atoms with Crippen molar-refractivity contribution in [2.45, 2.75) is 38.7 Å². The first-order valence-electron chi connectivity index (χ1n) is 10.3. The van der Waals surface area contributed by atoms with Crippen LogP contribution in [0.25, 0.3) is 0 Å². The molecule has 1 heterocycles. The fourth-order valence-electron chi connectivity index (χ4n) is 3.49. The number of nitrogens with zero attached hydrogens (tertiary/aromatic N) is 1. The second-order valence-electron chi connectivity index (χ2n) is 7.53. The minimum atomic E-state index is 0.195. The van der Waals surface area contributed by atoms with Crippen molar-refractivity contribution in [2.24, 2.45) is 0 Å². The van der Waals surface area contributed by atoms with Gasteiger partial charge in [0.2, 0.25) is 0 Å². The van der Waals surface area contributed by atoms with Crippen LogP contribution in [0.1, 0.15) is 38.2 Å². The molecule has 1 fully saturated rings. The lowest BCUT2D eigenvalue weighted by atomic mass is 9.95. The quantitative estimate of drug-likeness (QED) is 0.561. The molecule has 0 saturated carbocycles. The van der Waals surface area contributed by atoms with Gasteiger partial charge in [0.25, 0.3) is 0 Å². The Morgan fingerprint density at radius 2 is 1.72 bits per heavy atom. The van der Waals surface area contributed by atoms with E-state index in [9.17, 15) is 4.79 Å². The van der Waals surface area contributed by atoms with E-state index in [4.69, 9.17) is 14.2 Å². The highest BCUT2D eigenvalue weighted by molar-refractivity contribution is 5.79. The molecule has 2 aromatic carbocycles. The number of ketones is 1.